The molecule has 1 fully saturated rings. The van der Waals surface area contributed by atoms with E-state index in [9.17, 15) is 13.2 Å². The van der Waals surface area contributed by atoms with Crippen molar-refractivity contribution in [1.29, 1.82) is 0 Å². The summed E-state index contributed by atoms with van der Waals surface area (Å²) < 4.78 is 52.2. The lowest BCUT2D eigenvalue weighted by Gasteiger charge is -2.43. The molecule has 210 valence electrons. The number of nitrogens with two attached hydrogens (primary N) is 2. The molecule has 37 heavy (non-hydrogen) atoms. The van der Waals surface area contributed by atoms with Crippen LogP contribution in [-0.4, -0.2) is 59.0 Å². The third-order valence-electron chi connectivity index (χ3n) is 8.20. The molecule has 1 aromatic rings. The van der Waals surface area contributed by atoms with E-state index < -0.39 is 56.5 Å². The molecule has 0 aromatic carbocycles. The van der Waals surface area contributed by atoms with Gasteiger partial charge in [0.05, 0.1) is 17.7 Å². The zero-order valence-electron chi connectivity index (χ0n) is 23.5. The molecule has 0 aliphatic carbocycles. The third kappa shape index (κ3) is 5.47. The average Bonchev–Trinajstić information content (AvgIpc) is 3.11. The number of hydrogen-bond acceptors (Lipinski definition) is 10. The van der Waals surface area contributed by atoms with Crippen molar-refractivity contribution >= 4 is 32.6 Å². The lowest BCUT2D eigenvalue weighted by Crippen LogP contribution is -2.59. The van der Waals surface area contributed by atoms with Crippen molar-refractivity contribution in [3.8, 4) is 0 Å². The number of aromatic nitrogens is 2. The maximum absolute atomic E-state index is 12.9. The molecule has 0 bridgehead atoms. The van der Waals surface area contributed by atoms with Crippen LogP contribution in [0.15, 0.2) is 28.2 Å². The van der Waals surface area contributed by atoms with Crippen molar-refractivity contribution < 1.29 is 26.2 Å². The van der Waals surface area contributed by atoms with Crippen LogP contribution in [0, 0.1) is 0 Å². The maximum Gasteiger partial charge on any atom is 0.351 e. The quantitative estimate of drug-likeness (QED) is 0.382. The molecule has 2 aliphatic rings. The Morgan fingerprint density at radius 2 is 1.65 bits per heavy atom. The average molecular weight is 575 g/mol. The van der Waals surface area contributed by atoms with Crippen LogP contribution in [0.4, 0.5) is 5.82 Å². The fraction of sp³-hybridized carbons (Fsp3) is 0.739. The van der Waals surface area contributed by atoms with Crippen LogP contribution in [0.1, 0.15) is 47.8 Å². The van der Waals surface area contributed by atoms with E-state index in [0.29, 0.717) is 0 Å². The van der Waals surface area contributed by atoms with Gasteiger partial charge in [-0.2, -0.15) is 13.4 Å². The summed E-state index contributed by atoms with van der Waals surface area (Å²) in [5, 5.41) is 0.524. The Labute approximate surface area is 221 Å². The van der Waals surface area contributed by atoms with E-state index in [4.69, 9.17) is 29.2 Å². The number of rotatable bonds is 6. The molecule has 0 radical (unpaired) electrons. The highest BCUT2D eigenvalue weighted by atomic mass is 32.2. The first-order chi connectivity index (χ1) is 16.5. The highest BCUT2D eigenvalue weighted by molar-refractivity contribution is 7.90. The summed E-state index contributed by atoms with van der Waals surface area (Å²) in [5.74, 6) is 0.0488. The van der Waals surface area contributed by atoms with Crippen LogP contribution < -0.4 is 17.2 Å². The second-order valence-electron chi connectivity index (χ2n) is 12.9. The first-order valence-electron chi connectivity index (χ1n) is 12.3. The summed E-state index contributed by atoms with van der Waals surface area (Å²) >= 11 is 0. The molecule has 2 unspecified atom stereocenters. The van der Waals surface area contributed by atoms with Crippen molar-refractivity contribution in [2.45, 2.75) is 102 Å². The van der Waals surface area contributed by atoms with Crippen molar-refractivity contribution in [1.82, 2.24) is 9.55 Å². The third-order valence-corrected chi connectivity index (χ3v) is 18.2. The Bertz CT molecular complexity index is 1230. The second kappa shape index (κ2) is 9.28. The molecule has 4 atom stereocenters. The fourth-order valence-electron chi connectivity index (χ4n) is 3.83. The van der Waals surface area contributed by atoms with E-state index >= 15 is 0 Å². The number of ether oxygens (including phenoxy) is 1. The van der Waals surface area contributed by atoms with Crippen LogP contribution in [0.25, 0.3) is 0 Å². The molecule has 14 heteroatoms. The topological polar surface area (TPSA) is 158 Å². The molecule has 0 saturated carbocycles. The van der Waals surface area contributed by atoms with Gasteiger partial charge in [-0.15, -0.1) is 0 Å². The van der Waals surface area contributed by atoms with E-state index in [1.54, 1.807) is 0 Å². The lowest BCUT2D eigenvalue weighted by atomic mass is 9.89. The van der Waals surface area contributed by atoms with Gasteiger partial charge in [0, 0.05) is 6.20 Å². The number of nitrogens with zero attached hydrogens (tertiary/aromatic N) is 2. The molecule has 1 aromatic heterocycles. The first-order valence-corrected chi connectivity index (χ1v) is 19.6. The highest BCUT2D eigenvalue weighted by Crippen LogP contribution is 2.52. The highest BCUT2D eigenvalue weighted by Gasteiger charge is 2.67. The zero-order chi connectivity index (χ0) is 28.4. The maximum atomic E-state index is 12.9. The number of nitrogen functional groups attached to an aromatic ring is 1. The molecule has 1 spiro atoms. The predicted octanol–water partition coefficient (Wildman–Crippen LogP) is 3.03. The fourth-order valence-corrected chi connectivity index (χ4v) is 7.34. The Balaban J connectivity index is 2.20. The van der Waals surface area contributed by atoms with Crippen LogP contribution in [0.5, 0.6) is 0 Å². The van der Waals surface area contributed by atoms with E-state index in [-0.39, 0.29) is 28.2 Å². The summed E-state index contributed by atoms with van der Waals surface area (Å²) in [6.45, 7) is 20.6. The van der Waals surface area contributed by atoms with Crippen molar-refractivity contribution in [3.05, 3.63) is 33.9 Å². The zero-order valence-corrected chi connectivity index (χ0v) is 26.3. The first kappa shape index (κ1) is 30.0. The van der Waals surface area contributed by atoms with E-state index in [1.165, 1.54) is 16.8 Å². The second-order valence-corrected chi connectivity index (χ2v) is 23.8. The summed E-state index contributed by atoms with van der Waals surface area (Å²) in [4.78, 5) is 16.8. The van der Waals surface area contributed by atoms with Crippen LogP contribution in [0.2, 0.25) is 36.3 Å². The Morgan fingerprint density at radius 1 is 1.08 bits per heavy atom. The van der Waals surface area contributed by atoms with Gasteiger partial charge in [-0.3, -0.25) is 4.57 Å². The Morgan fingerprint density at radius 3 is 2.11 bits per heavy atom. The lowest BCUT2D eigenvalue weighted by molar-refractivity contribution is -0.0562. The molecule has 2 aliphatic heterocycles. The van der Waals surface area contributed by atoms with Crippen LogP contribution >= 0.6 is 0 Å². The minimum atomic E-state index is -4.15. The molecule has 1 saturated heterocycles. The normalized spacial score (nSPS) is 28.6. The van der Waals surface area contributed by atoms with Gasteiger partial charge in [-0.05, 0) is 42.3 Å². The van der Waals surface area contributed by atoms with Crippen molar-refractivity contribution in [2.24, 2.45) is 5.73 Å². The van der Waals surface area contributed by atoms with Gasteiger partial charge in [0.2, 0.25) is 0 Å². The molecular formula is C23H42N4O7SSi2. The molecular weight excluding hydrogens is 533 g/mol. The van der Waals surface area contributed by atoms with Crippen LogP contribution in [-0.2, 0) is 27.9 Å². The van der Waals surface area contributed by atoms with Crippen molar-refractivity contribution in [2.75, 3.05) is 12.3 Å². The molecule has 3 heterocycles. The minimum Gasteiger partial charge on any atom is -0.414 e. The van der Waals surface area contributed by atoms with E-state index in [2.05, 4.69) is 59.6 Å². The SMILES string of the molecule is CC(C)(C)[Si](C)(C)OCC1O[C@@H](n2ccc(N)nc2=O)[C@H](O[Si](C)(C)C(C)(C)C)C12OS(=O)(=O)C=C2N. The van der Waals surface area contributed by atoms with Gasteiger partial charge in [0.15, 0.2) is 28.5 Å². The molecule has 4 N–H and O–H groups in total. The van der Waals surface area contributed by atoms with E-state index in [1.807, 2.05) is 13.1 Å². The van der Waals surface area contributed by atoms with Gasteiger partial charge in [0.25, 0.3) is 10.1 Å². The number of hydrogen-bond donors (Lipinski definition) is 2. The standard InChI is InChI=1S/C23H42N4O7SSi2/c1-21(2,3)36(7,8)31-13-16-23(15(24)14-35(29,30)34-23)18(33-37(9,10)22(4,5)6)19(32-16)27-12-11-17(25)26-20(27)28/h11-12,14,16,18-19H,13,24H2,1-10H3,(H2,25,26,28)/t16?,18-,19+,23?/m0/s1. The summed E-state index contributed by atoms with van der Waals surface area (Å²) in [7, 11) is -9.03. The monoisotopic (exact) mass is 574 g/mol. The van der Waals surface area contributed by atoms with Crippen LogP contribution in [0.3, 0.4) is 0 Å². The Kier molecular flexibility index (Phi) is 7.52. The Hall–Kier alpha value is -1.56. The van der Waals surface area contributed by atoms with Crippen molar-refractivity contribution in [3.63, 3.8) is 0 Å². The molecule has 3 rings (SSSR count). The smallest absolute Gasteiger partial charge is 0.351 e. The summed E-state index contributed by atoms with van der Waals surface area (Å²) in [6, 6.07) is 1.46. The van der Waals surface area contributed by atoms with Gasteiger partial charge in [-0.1, -0.05) is 41.5 Å². The van der Waals surface area contributed by atoms with Gasteiger partial charge in [-0.25, -0.2) is 8.98 Å². The minimum absolute atomic E-state index is 0.00837. The largest absolute Gasteiger partial charge is 0.414 e. The number of anilines is 1. The van der Waals surface area contributed by atoms with Gasteiger partial charge >= 0.3 is 5.69 Å². The van der Waals surface area contributed by atoms with Gasteiger partial charge < -0.3 is 25.1 Å². The summed E-state index contributed by atoms with van der Waals surface area (Å²) in [5.41, 5.74) is 9.69. The molecule has 0 amide bonds. The predicted molar refractivity (Wildman–Crippen MR) is 147 cm³/mol. The molecule has 11 nitrogen and oxygen atoms in total. The summed E-state index contributed by atoms with van der Waals surface area (Å²) in [6.07, 6.45) is -1.72. The van der Waals surface area contributed by atoms with E-state index in [0.717, 1.165) is 5.41 Å². The van der Waals surface area contributed by atoms with Gasteiger partial charge in [0.1, 0.15) is 18.0 Å².